The van der Waals surface area contributed by atoms with Crippen LogP contribution in [-0.4, -0.2) is 26.0 Å². The number of allylic oxidation sites excluding steroid dienone is 3. The van der Waals surface area contributed by atoms with Crippen LogP contribution >= 0.6 is 0 Å². The molecular weight excluding hydrogens is 280 g/mol. The van der Waals surface area contributed by atoms with Gasteiger partial charge in [-0.25, -0.2) is 4.79 Å². The molecule has 0 fully saturated rings. The van der Waals surface area contributed by atoms with Gasteiger partial charge in [0.15, 0.2) is 5.78 Å². The van der Waals surface area contributed by atoms with E-state index in [2.05, 4.69) is 4.74 Å². The molecule has 0 spiro atoms. The summed E-state index contributed by atoms with van der Waals surface area (Å²) in [4.78, 5) is 23.4. The lowest BCUT2D eigenvalue weighted by atomic mass is 9.78. The van der Waals surface area contributed by atoms with Crippen LogP contribution < -0.4 is 4.74 Å². The first kappa shape index (κ1) is 16.0. The maximum absolute atomic E-state index is 11.8. The Kier molecular flexibility index (Phi) is 4.81. The van der Waals surface area contributed by atoms with Crippen LogP contribution in [0, 0.1) is 5.41 Å². The van der Waals surface area contributed by atoms with Crippen LogP contribution in [0.25, 0.3) is 0 Å². The maximum atomic E-state index is 11.8. The molecule has 0 aromatic heterocycles. The van der Waals surface area contributed by atoms with E-state index in [1.807, 2.05) is 37.3 Å². The van der Waals surface area contributed by atoms with E-state index in [1.165, 1.54) is 13.2 Å². The van der Waals surface area contributed by atoms with E-state index in [4.69, 9.17) is 4.74 Å². The number of methoxy groups -OCH3 is 2. The summed E-state index contributed by atoms with van der Waals surface area (Å²) in [7, 11) is 2.92. The Balaban J connectivity index is 2.13. The van der Waals surface area contributed by atoms with Gasteiger partial charge in [-0.2, -0.15) is 0 Å². The van der Waals surface area contributed by atoms with Gasteiger partial charge in [-0.05, 0) is 36.6 Å². The van der Waals surface area contributed by atoms with Gasteiger partial charge in [0.25, 0.3) is 0 Å². The zero-order chi connectivity index (χ0) is 16.2. The summed E-state index contributed by atoms with van der Waals surface area (Å²) in [6, 6.07) is 7.88. The maximum Gasteiger partial charge on any atom is 0.341 e. The van der Waals surface area contributed by atoms with Crippen molar-refractivity contribution in [3.8, 4) is 5.75 Å². The lowest BCUT2D eigenvalue weighted by molar-refractivity contribution is -0.137. The minimum Gasteiger partial charge on any atom is -0.497 e. The lowest BCUT2D eigenvalue weighted by Crippen LogP contribution is -2.23. The summed E-state index contributed by atoms with van der Waals surface area (Å²) >= 11 is 0. The van der Waals surface area contributed by atoms with Gasteiger partial charge in [0.05, 0.1) is 14.2 Å². The number of hydrogen-bond acceptors (Lipinski definition) is 4. The van der Waals surface area contributed by atoms with Crippen molar-refractivity contribution in [1.29, 1.82) is 0 Å². The molecule has 1 aromatic rings. The molecule has 0 saturated carbocycles. The largest absolute Gasteiger partial charge is 0.497 e. The van der Waals surface area contributed by atoms with E-state index in [1.54, 1.807) is 13.2 Å². The number of hydrogen-bond donors (Lipinski definition) is 0. The van der Waals surface area contributed by atoms with Crippen molar-refractivity contribution in [3.05, 3.63) is 53.6 Å². The third-order valence-corrected chi connectivity index (χ3v) is 3.85. The Hall–Kier alpha value is -2.36. The molecule has 1 unspecified atom stereocenters. The average Bonchev–Trinajstić information content (AvgIpc) is 2.55. The molecule has 0 radical (unpaired) electrons. The van der Waals surface area contributed by atoms with Crippen LogP contribution in [0.5, 0.6) is 5.75 Å². The number of carbonyl (C=O) groups excluding carboxylic acids is 2. The highest BCUT2D eigenvalue weighted by atomic mass is 16.5. The van der Waals surface area contributed by atoms with Gasteiger partial charge in [0.2, 0.25) is 0 Å². The smallest absolute Gasteiger partial charge is 0.341 e. The minimum atomic E-state index is -0.582. The van der Waals surface area contributed by atoms with Gasteiger partial charge >= 0.3 is 5.97 Å². The summed E-state index contributed by atoms with van der Waals surface area (Å²) < 4.78 is 9.89. The molecule has 1 aliphatic rings. The number of ether oxygens (including phenoxy) is 2. The number of aryl methyl sites for hydroxylation is 1. The Morgan fingerprint density at radius 3 is 2.73 bits per heavy atom. The molecular formula is C18H20O4. The second-order valence-corrected chi connectivity index (χ2v) is 5.60. The SMILES string of the molecule is COC(=O)C1=CC(C)(CCc2cccc(OC)c2)C=CC1=O. The van der Waals surface area contributed by atoms with Crippen LogP contribution in [0.15, 0.2) is 48.1 Å². The number of carbonyl (C=O) groups is 2. The van der Waals surface area contributed by atoms with Gasteiger partial charge in [0.1, 0.15) is 11.3 Å². The molecule has 0 saturated heterocycles. The normalized spacial score (nSPS) is 20.5. The summed E-state index contributed by atoms with van der Waals surface area (Å²) in [5.74, 6) is -0.0598. The minimum absolute atomic E-state index is 0.109. The molecule has 0 bridgehead atoms. The zero-order valence-corrected chi connectivity index (χ0v) is 13.1. The van der Waals surface area contributed by atoms with Gasteiger partial charge in [0, 0.05) is 5.41 Å². The fraction of sp³-hybridized carbons (Fsp3) is 0.333. The van der Waals surface area contributed by atoms with E-state index in [0.29, 0.717) is 0 Å². The fourth-order valence-electron chi connectivity index (χ4n) is 2.47. The quantitative estimate of drug-likeness (QED) is 0.620. The number of esters is 1. The van der Waals surface area contributed by atoms with E-state index in [9.17, 15) is 9.59 Å². The Morgan fingerprint density at radius 1 is 1.27 bits per heavy atom. The third kappa shape index (κ3) is 3.64. The van der Waals surface area contributed by atoms with Crippen molar-refractivity contribution >= 4 is 11.8 Å². The predicted molar refractivity (Wildman–Crippen MR) is 83.7 cm³/mol. The van der Waals surface area contributed by atoms with Crippen LogP contribution in [-0.2, 0) is 20.7 Å². The Labute approximate surface area is 130 Å². The molecule has 4 heteroatoms. The predicted octanol–water partition coefficient (Wildman–Crippen LogP) is 2.87. The molecule has 0 amide bonds. The first-order valence-electron chi connectivity index (χ1n) is 7.15. The summed E-state index contributed by atoms with van der Waals surface area (Å²) in [5.41, 5.74) is 0.914. The molecule has 4 nitrogen and oxygen atoms in total. The van der Waals surface area contributed by atoms with Crippen molar-refractivity contribution in [2.75, 3.05) is 14.2 Å². The van der Waals surface area contributed by atoms with Crippen molar-refractivity contribution in [2.45, 2.75) is 19.8 Å². The topological polar surface area (TPSA) is 52.6 Å². The number of ketones is 1. The van der Waals surface area contributed by atoms with Gasteiger partial charge in [-0.15, -0.1) is 0 Å². The van der Waals surface area contributed by atoms with Crippen molar-refractivity contribution in [3.63, 3.8) is 0 Å². The molecule has 1 aromatic carbocycles. The molecule has 116 valence electrons. The standard InChI is InChI=1S/C18H20O4/c1-18(9-7-13-5-4-6-14(11-13)21-2)10-8-16(19)15(12-18)17(20)22-3/h4-6,8,10-12H,7,9H2,1-3H3. The highest BCUT2D eigenvalue weighted by molar-refractivity contribution is 6.22. The molecule has 0 N–H and O–H groups in total. The van der Waals surface area contributed by atoms with E-state index < -0.39 is 5.97 Å². The monoisotopic (exact) mass is 300 g/mol. The zero-order valence-electron chi connectivity index (χ0n) is 13.1. The summed E-state index contributed by atoms with van der Waals surface area (Å²) in [6.07, 6.45) is 6.61. The Morgan fingerprint density at radius 2 is 2.05 bits per heavy atom. The first-order valence-corrected chi connectivity index (χ1v) is 7.15. The molecule has 0 aliphatic heterocycles. The van der Waals surface area contributed by atoms with Crippen molar-refractivity contribution < 1.29 is 19.1 Å². The second-order valence-electron chi connectivity index (χ2n) is 5.60. The highest BCUT2D eigenvalue weighted by Crippen LogP contribution is 2.32. The van der Waals surface area contributed by atoms with Crippen LogP contribution in [0.1, 0.15) is 18.9 Å². The molecule has 1 atom stereocenters. The Bertz CT molecular complexity index is 642. The van der Waals surface area contributed by atoms with E-state index in [0.717, 1.165) is 24.2 Å². The van der Waals surface area contributed by atoms with E-state index in [-0.39, 0.29) is 16.8 Å². The second kappa shape index (κ2) is 6.60. The lowest BCUT2D eigenvalue weighted by Gasteiger charge is -2.25. The van der Waals surface area contributed by atoms with Crippen molar-refractivity contribution in [2.24, 2.45) is 5.41 Å². The number of benzene rings is 1. The first-order chi connectivity index (χ1) is 10.5. The van der Waals surface area contributed by atoms with E-state index >= 15 is 0 Å². The molecule has 0 heterocycles. The highest BCUT2D eigenvalue weighted by Gasteiger charge is 2.29. The third-order valence-electron chi connectivity index (χ3n) is 3.85. The summed E-state index contributed by atoms with van der Waals surface area (Å²) in [6.45, 7) is 2.00. The van der Waals surface area contributed by atoms with Crippen LogP contribution in [0.3, 0.4) is 0 Å². The van der Waals surface area contributed by atoms with Crippen LogP contribution in [0.4, 0.5) is 0 Å². The summed E-state index contributed by atoms with van der Waals surface area (Å²) in [5, 5.41) is 0. The van der Waals surface area contributed by atoms with Crippen molar-refractivity contribution in [1.82, 2.24) is 0 Å². The van der Waals surface area contributed by atoms with Gasteiger partial charge in [-0.3, -0.25) is 4.79 Å². The molecule has 1 aliphatic carbocycles. The molecule has 22 heavy (non-hydrogen) atoms. The molecule has 2 rings (SSSR count). The van der Waals surface area contributed by atoms with Gasteiger partial charge in [-0.1, -0.05) is 31.2 Å². The van der Waals surface area contributed by atoms with Gasteiger partial charge < -0.3 is 9.47 Å². The van der Waals surface area contributed by atoms with Crippen LogP contribution in [0.2, 0.25) is 0 Å². The fourth-order valence-corrected chi connectivity index (χ4v) is 2.47. The number of rotatable bonds is 5. The average molecular weight is 300 g/mol.